The van der Waals surface area contributed by atoms with Crippen LogP contribution in [-0.2, 0) is 17.8 Å². The van der Waals surface area contributed by atoms with Gasteiger partial charge < -0.3 is 16.0 Å². The van der Waals surface area contributed by atoms with Crippen LogP contribution in [-0.4, -0.2) is 29.8 Å². The molecule has 0 bridgehead atoms. The second kappa shape index (κ2) is 7.80. The van der Waals surface area contributed by atoms with Crippen LogP contribution in [0.4, 0.5) is 5.69 Å². The van der Waals surface area contributed by atoms with Gasteiger partial charge in [-0.15, -0.1) is 11.3 Å². The number of carbonyl (C=O) groups excluding carboxylic acids is 2. The minimum absolute atomic E-state index is 0.0207. The number of nitrogens with two attached hydrogens (primary N) is 1. The van der Waals surface area contributed by atoms with Gasteiger partial charge in [-0.25, -0.2) is 0 Å². The molecule has 0 atom stereocenters. The van der Waals surface area contributed by atoms with E-state index in [1.165, 1.54) is 10.4 Å². The molecule has 0 saturated heterocycles. The van der Waals surface area contributed by atoms with Crippen LogP contribution in [0.25, 0.3) is 0 Å². The van der Waals surface area contributed by atoms with Crippen molar-refractivity contribution in [3.8, 4) is 0 Å². The van der Waals surface area contributed by atoms with E-state index in [4.69, 9.17) is 5.73 Å². The number of fused-ring (bicyclic) bond motifs is 1. The molecule has 132 valence electrons. The smallest absolute Gasteiger partial charge is 0.254 e. The van der Waals surface area contributed by atoms with E-state index >= 15 is 0 Å². The summed E-state index contributed by atoms with van der Waals surface area (Å²) in [5.74, 6) is -0.0496. The van der Waals surface area contributed by atoms with Crippen molar-refractivity contribution in [1.82, 2.24) is 4.90 Å². The average Bonchev–Trinajstić information content (AvgIpc) is 3.09. The van der Waals surface area contributed by atoms with Crippen molar-refractivity contribution in [1.29, 1.82) is 0 Å². The highest BCUT2D eigenvalue weighted by atomic mass is 32.1. The fourth-order valence-corrected chi connectivity index (χ4v) is 3.96. The van der Waals surface area contributed by atoms with Crippen LogP contribution >= 0.6 is 11.3 Å². The van der Waals surface area contributed by atoms with Crippen LogP contribution in [0.2, 0.25) is 0 Å². The topological polar surface area (TPSA) is 75.4 Å². The highest BCUT2D eigenvalue weighted by Crippen LogP contribution is 2.27. The molecular weight excluding hydrogens is 334 g/mol. The molecule has 5 nitrogen and oxygen atoms in total. The van der Waals surface area contributed by atoms with Gasteiger partial charge in [0.25, 0.3) is 5.91 Å². The molecule has 2 aromatic rings. The summed E-state index contributed by atoms with van der Waals surface area (Å²) in [6.07, 6.45) is 1.95. The predicted molar refractivity (Wildman–Crippen MR) is 101 cm³/mol. The Morgan fingerprint density at radius 3 is 2.96 bits per heavy atom. The lowest BCUT2D eigenvalue weighted by Crippen LogP contribution is -2.35. The van der Waals surface area contributed by atoms with E-state index in [0.29, 0.717) is 37.2 Å². The quantitative estimate of drug-likeness (QED) is 0.864. The molecule has 0 fully saturated rings. The van der Waals surface area contributed by atoms with E-state index in [1.807, 2.05) is 30.0 Å². The van der Waals surface area contributed by atoms with E-state index in [0.717, 1.165) is 18.5 Å². The van der Waals surface area contributed by atoms with Crippen molar-refractivity contribution in [3.05, 3.63) is 51.2 Å². The molecule has 1 aliphatic rings. The molecule has 6 heteroatoms. The largest absolute Gasteiger partial charge is 0.334 e. The number of carbonyl (C=O) groups is 2. The summed E-state index contributed by atoms with van der Waals surface area (Å²) < 4.78 is 0. The average molecular weight is 357 g/mol. The first kappa shape index (κ1) is 17.6. The van der Waals surface area contributed by atoms with Gasteiger partial charge in [0.1, 0.15) is 0 Å². The Labute approximate surface area is 151 Å². The number of thiophene rings is 1. The Bertz CT molecular complexity index is 785. The highest BCUT2D eigenvalue weighted by molar-refractivity contribution is 7.10. The first-order valence-corrected chi connectivity index (χ1v) is 9.42. The first-order valence-electron chi connectivity index (χ1n) is 8.54. The molecule has 0 radical (unpaired) electrons. The van der Waals surface area contributed by atoms with E-state index in [-0.39, 0.29) is 11.8 Å². The van der Waals surface area contributed by atoms with Gasteiger partial charge in [0, 0.05) is 35.6 Å². The molecule has 0 spiro atoms. The number of rotatable bonds is 5. The van der Waals surface area contributed by atoms with Gasteiger partial charge in [-0.3, -0.25) is 9.59 Å². The maximum Gasteiger partial charge on any atom is 0.254 e. The van der Waals surface area contributed by atoms with Gasteiger partial charge in [0.2, 0.25) is 5.91 Å². The number of nitrogens with one attached hydrogen (secondary N) is 1. The standard InChI is InChI=1S/C19H23N3O2S/c1-13-15(4-2-5-16(13)21-18(23)6-3-9-20)19(24)22-10-7-17-14(12-22)8-11-25-17/h2,4-5,8,11H,3,6-7,9-10,12,20H2,1H3,(H,21,23). The minimum atomic E-state index is -0.0703. The summed E-state index contributed by atoms with van der Waals surface area (Å²) in [6.45, 7) is 3.76. The summed E-state index contributed by atoms with van der Waals surface area (Å²) in [5, 5.41) is 4.98. The molecule has 25 heavy (non-hydrogen) atoms. The van der Waals surface area contributed by atoms with Gasteiger partial charge in [0.05, 0.1) is 0 Å². The van der Waals surface area contributed by atoms with Crippen LogP contribution in [0.5, 0.6) is 0 Å². The van der Waals surface area contributed by atoms with E-state index < -0.39 is 0 Å². The van der Waals surface area contributed by atoms with Gasteiger partial charge in [-0.2, -0.15) is 0 Å². The second-order valence-electron chi connectivity index (χ2n) is 6.26. The molecule has 1 aromatic heterocycles. The molecule has 2 amide bonds. The number of benzene rings is 1. The summed E-state index contributed by atoms with van der Waals surface area (Å²) in [4.78, 5) is 28.2. The third-order valence-electron chi connectivity index (χ3n) is 4.54. The molecule has 3 N–H and O–H groups in total. The van der Waals surface area contributed by atoms with Crippen molar-refractivity contribution in [3.63, 3.8) is 0 Å². The van der Waals surface area contributed by atoms with E-state index in [9.17, 15) is 9.59 Å². The Kier molecular flexibility index (Phi) is 5.50. The van der Waals surface area contributed by atoms with Crippen molar-refractivity contribution < 1.29 is 9.59 Å². The van der Waals surface area contributed by atoms with Crippen molar-refractivity contribution >= 4 is 28.8 Å². The van der Waals surface area contributed by atoms with Gasteiger partial charge in [-0.1, -0.05) is 6.07 Å². The van der Waals surface area contributed by atoms with Crippen molar-refractivity contribution in [2.75, 3.05) is 18.4 Å². The summed E-state index contributed by atoms with van der Waals surface area (Å²) in [6, 6.07) is 7.58. The minimum Gasteiger partial charge on any atom is -0.334 e. The van der Waals surface area contributed by atoms with Crippen molar-refractivity contribution in [2.45, 2.75) is 32.7 Å². The number of anilines is 1. The third kappa shape index (κ3) is 3.91. The summed E-state index contributed by atoms with van der Waals surface area (Å²) in [7, 11) is 0. The molecule has 1 aliphatic heterocycles. The van der Waals surface area contributed by atoms with Crippen LogP contribution in [0.3, 0.4) is 0 Å². The molecule has 3 rings (SSSR count). The lowest BCUT2D eigenvalue weighted by molar-refractivity contribution is -0.116. The second-order valence-corrected chi connectivity index (χ2v) is 7.26. The van der Waals surface area contributed by atoms with E-state index in [1.54, 1.807) is 11.3 Å². The normalized spacial score (nSPS) is 13.4. The molecule has 0 unspecified atom stereocenters. The maximum atomic E-state index is 13.0. The number of amides is 2. The van der Waals surface area contributed by atoms with Gasteiger partial charge >= 0.3 is 0 Å². The Balaban J connectivity index is 1.75. The molecule has 0 aliphatic carbocycles. The first-order chi connectivity index (χ1) is 12.1. The maximum absolute atomic E-state index is 13.0. The van der Waals surface area contributed by atoms with Gasteiger partial charge in [0.15, 0.2) is 0 Å². The number of hydrogen-bond donors (Lipinski definition) is 2. The molecule has 0 saturated carbocycles. The molecular formula is C19H23N3O2S. The Morgan fingerprint density at radius 1 is 1.32 bits per heavy atom. The Hall–Kier alpha value is -2.18. The van der Waals surface area contributed by atoms with Crippen LogP contribution < -0.4 is 11.1 Å². The fourth-order valence-electron chi connectivity index (χ4n) is 3.07. The fraction of sp³-hybridized carbons (Fsp3) is 0.368. The summed E-state index contributed by atoms with van der Waals surface area (Å²) in [5.41, 5.74) is 8.84. The number of hydrogen-bond acceptors (Lipinski definition) is 4. The zero-order valence-electron chi connectivity index (χ0n) is 14.4. The van der Waals surface area contributed by atoms with E-state index in [2.05, 4.69) is 16.8 Å². The zero-order valence-corrected chi connectivity index (χ0v) is 15.2. The lowest BCUT2D eigenvalue weighted by Gasteiger charge is -2.28. The predicted octanol–water partition coefficient (Wildman–Crippen LogP) is 2.93. The molecule has 1 aromatic carbocycles. The van der Waals surface area contributed by atoms with Crippen LogP contribution in [0, 0.1) is 6.92 Å². The van der Waals surface area contributed by atoms with Crippen molar-refractivity contribution in [2.24, 2.45) is 5.73 Å². The highest BCUT2D eigenvalue weighted by Gasteiger charge is 2.24. The Morgan fingerprint density at radius 2 is 2.16 bits per heavy atom. The third-order valence-corrected chi connectivity index (χ3v) is 5.56. The van der Waals surface area contributed by atoms with Crippen LogP contribution in [0.15, 0.2) is 29.6 Å². The SMILES string of the molecule is Cc1c(NC(=O)CCCN)cccc1C(=O)N1CCc2sccc2C1. The molecule has 2 heterocycles. The lowest BCUT2D eigenvalue weighted by atomic mass is 10.0. The zero-order chi connectivity index (χ0) is 17.8. The van der Waals surface area contributed by atoms with Crippen LogP contribution in [0.1, 0.15) is 39.2 Å². The monoisotopic (exact) mass is 357 g/mol. The van der Waals surface area contributed by atoms with Gasteiger partial charge in [-0.05, 0) is 61.0 Å². The summed E-state index contributed by atoms with van der Waals surface area (Å²) >= 11 is 1.76. The number of nitrogens with zero attached hydrogens (tertiary/aromatic N) is 1.